The lowest BCUT2D eigenvalue weighted by Gasteiger charge is -2.21. The summed E-state index contributed by atoms with van der Waals surface area (Å²) in [4.78, 5) is 4.72. The van der Waals surface area contributed by atoms with Gasteiger partial charge in [-0.3, -0.25) is 4.40 Å². The molecule has 2 aromatic heterocycles. The van der Waals surface area contributed by atoms with Crippen LogP contribution in [0.3, 0.4) is 0 Å². The fourth-order valence-electron chi connectivity index (χ4n) is 2.11. The van der Waals surface area contributed by atoms with Gasteiger partial charge in [-0.05, 0) is 12.8 Å². The molecule has 0 atom stereocenters. The molecule has 0 aliphatic carbocycles. The number of rotatable bonds is 8. The molecule has 21 heavy (non-hydrogen) atoms. The number of nitrogens with zero attached hydrogens (tertiary/aromatic N) is 3. The van der Waals surface area contributed by atoms with Crippen LogP contribution in [0.15, 0.2) is 16.6 Å². The average molecular weight is 350 g/mol. The molecule has 2 aromatic rings. The van der Waals surface area contributed by atoms with Crippen LogP contribution in [0.5, 0.6) is 0 Å². The van der Waals surface area contributed by atoms with Crippen LogP contribution in [0, 0.1) is 0 Å². The summed E-state index contributed by atoms with van der Waals surface area (Å²) in [6, 6.07) is 0. The third-order valence-corrected chi connectivity index (χ3v) is 6.34. The molecule has 0 radical (unpaired) electrons. The normalized spacial score (nSPS) is 12.6. The van der Waals surface area contributed by atoms with Gasteiger partial charge in [0.1, 0.15) is 0 Å². The fourth-order valence-corrected chi connectivity index (χ4v) is 5.04. The van der Waals surface area contributed by atoms with E-state index in [9.17, 15) is 8.42 Å². The average Bonchev–Trinajstić information content (AvgIpc) is 2.97. The van der Waals surface area contributed by atoms with Crippen LogP contribution < -0.4 is 0 Å². The maximum Gasteiger partial charge on any atom is 0.262 e. The SMILES string of the molecule is CCCCN(CCCC)S(=O)(=O)c1c(Cl)nc2sccn12. The number of sulfonamides is 1. The monoisotopic (exact) mass is 349 g/mol. The highest BCUT2D eigenvalue weighted by molar-refractivity contribution is 7.89. The van der Waals surface area contributed by atoms with E-state index in [-0.39, 0.29) is 10.2 Å². The van der Waals surface area contributed by atoms with Gasteiger partial charge in [-0.2, -0.15) is 4.31 Å². The zero-order chi connectivity index (χ0) is 15.5. The largest absolute Gasteiger partial charge is 0.279 e. The highest BCUT2D eigenvalue weighted by Crippen LogP contribution is 2.28. The molecular formula is C13H20ClN3O2S2. The van der Waals surface area contributed by atoms with Crippen molar-refractivity contribution in [2.75, 3.05) is 13.1 Å². The van der Waals surface area contributed by atoms with E-state index in [1.54, 1.807) is 16.0 Å². The van der Waals surface area contributed by atoms with Crippen molar-refractivity contribution in [3.05, 3.63) is 16.7 Å². The number of hydrogen-bond acceptors (Lipinski definition) is 4. The van der Waals surface area contributed by atoms with Gasteiger partial charge in [0.05, 0.1) is 0 Å². The molecule has 0 unspecified atom stereocenters. The molecule has 2 heterocycles. The van der Waals surface area contributed by atoms with Crippen LogP contribution in [0.2, 0.25) is 5.15 Å². The first kappa shape index (κ1) is 16.7. The number of hydrogen-bond donors (Lipinski definition) is 0. The summed E-state index contributed by atoms with van der Waals surface area (Å²) < 4.78 is 28.9. The highest BCUT2D eigenvalue weighted by Gasteiger charge is 2.30. The molecule has 0 bridgehead atoms. The predicted octanol–water partition coefficient (Wildman–Crippen LogP) is 3.64. The van der Waals surface area contributed by atoms with Crippen molar-refractivity contribution in [3.8, 4) is 0 Å². The van der Waals surface area contributed by atoms with E-state index in [0.29, 0.717) is 18.1 Å². The Morgan fingerprint density at radius 3 is 2.48 bits per heavy atom. The number of thiazole rings is 1. The van der Waals surface area contributed by atoms with Crippen LogP contribution in [0.1, 0.15) is 39.5 Å². The van der Waals surface area contributed by atoms with Crippen LogP contribution in [0.25, 0.3) is 4.96 Å². The summed E-state index contributed by atoms with van der Waals surface area (Å²) in [5, 5.41) is 1.95. The van der Waals surface area contributed by atoms with Crippen molar-refractivity contribution in [2.45, 2.75) is 44.6 Å². The van der Waals surface area contributed by atoms with Gasteiger partial charge in [-0.1, -0.05) is 38.3 Å². The van der Waals surface area contributed by atoms with Gasteiger partial charge in [0.15, 0.2) is 15.1 Å². The minimum absolute atomic E-state index is 0.0554. The molecule has 5 nitrogen and oxygen atoms in total. The second-order valence-corrected chi connectivity index (χ2v) is 7.96. The fraction of sp³-hybridized carbons (Fsp3) is 0.615. The molecule has 0 aliphatic heterocycles. The number of imidazole rings is 1. The molecule has 0 saturated heterocycles. The number of fused-ring (bicyclic) bond motifs is 1. The van der Waals surface area contributed by atoms with Crippen LogP contribution in [-0.4, -0.2) is 35.2 Å². The molecular weight excluding hydrogens is 330 g/mol. The van der Waals surface area contributed by atoms with E-state index in [1.165, 1.54) is 15.6 Å². The van der Waals surface area contributed by atoms with E-state index in [1.807, 2.05) is 13.8 Å². The molecule has 0 fully saturated rings. The third-order valence-electron chi connectivity index (χ3n) is 3.28. The highest BCUT2D eigenvalue weighted by atomic mass is 35.5. The van der Waals surface area contributed by atoms with E-state index in [2.05, 4.69) is 4.98 Å². The summed E-state index contributed by atoms with van der Waals surface area (Å²) in [5.74, 6) is 0. The molecule has 8 heteroatoms. The number of aromatic nitrogens is 2. The Morgan fingerprint density at radius 1 is 1.29 bits per heavy atom. The van der Waals surface area contributed by atoms with Crippen LogP contribution >= 0.6 is 22.9 Å². The molecule has 0 amide bonds. The van der Waals surface area contributed by atoms with Crippen molar-refractivity contribution in [3.63, 3.8) is 0 Å². The van der Waals surface area contributed by atoms with Gasteiger partial charge in [0.2, 0.25) is 0 Å². The Hall–Kier alpha value is -0.630. The second-order valence-electron chi connectivity index (χ2n) is 4.87. The molecule has 0 spiro atoms. The first-order valence-electron chi connectivity index (χ1n) is 7.13. The Kier molecular flexibility index (Phi) is 5.65. The van der Waals surface area contributed by atoms with Crippen molar-refractivity contribution < 1.29 is 8.42 Å². The quantitative estimate of drug-likeness (QED) is 0.731. The minimum atomic E-state index is -3.62. The lowest BCUT2D eigenvalue weighted by Crippen LogP contribution is -2.33. The number of unbranched alkanes of at least 4 members (excludes halogenated alkanes) is 2. The van der Waals surface area contributed by atoms with Crippen LogP contribution in [-0.2, 0) is 10.0 Å². The van der Waals surface area contributed by atoms with Gasteiger partial charge in [-0.25, -0.2) is 13.4 Å². The standard InChI is InChI=1S/C13H20ClN3O2S2/c1-3-5-7-16(8-6-4-2)21(18,19)12-11(14)15-13-17(12)9-10-20-13/h9-10H,3-8H2,1-2H3. The third kappa shape index (κ3) is 3.41. The smallest absolute Gasteiger partial charge is 0.262 e. The van der Waals surface area contributed by atoms with Gasteiger partial charge < -0.3 is 0 Å². The van der Waals surface area contributed by atoms with Gasteiger partial charge in [0.25, 0.3) is 10.0 Å². The lowest BCUT2D eigenvalue weighted by molar-refractivity contribution is 0.393. The van der Waals surface area contributed by atoms with Crippen molar-refractivity contribution in [1.82, 2.24) is 13.7 Å². The summed E-state index contributed by atoms with van der Waals surface area (Å²) in [6.07, 6.45) is 5.28. The maximum absolute atomic E-state index is 12.9. The summed E-state index contributed by atoms with van der Waals surface area (Å²) in [5.41, 5.74) is 0. The van der Waals surface area contributed by atoms with E-state index in [0.717, 1.165) is 25.7 Å². The van der Waals surface area contributed by atoms with E-state index < -0.39 is 10.0 Å². The Balaban J connectivity index is 2.41. The van der Waals surface area contributed by atoms with Crippen LogP contribution in [0.4, 0.5) is 0 Å². The Labute approximate surface area is 134 Å². The second kappa shape index (κ2) is 7.09. The van der Waals surface area contributed by atoms with E-state index in [4.69, 9.17) is 11.6 Å². The molecule has 2 rings (SSSR count). The van der Waals surface area contributed by atoms with Gasteiger partial charge >= 0.3 is 0 Å². The summed E-state index contributed by atoms with van der Waals surface area (Å²) >= 11 is 7.44. The summed E-state index contributed by atoms with van der Waals surface area (Å²) in [7, 11) is -3.62. The van der Waals surface area contributed by atoms with Gasteiger partial charge in [0, 0.05) is 24.7 Å². The first-order chi connectivity index (χ1) is 10.0. The summed E-state index contributed by atoms with van der Waals surface area (Å²) in [6.45, 7) is 5.14. The van der Waals surface area contributed by atoms with Gasteiger partial charge in [-0.15, -0.1) is 11.3 Å². The molecule has 0 saturated carbocycles. The zero-order valence-corrected chi connectivity index (χ0v) is 14.6. The Morgan fingerprint density at radius 2 is 1.90 bits per heavy atom. The molecule has 0 N–H and O–H groups in total. The molecule has 118 valence electrons. The van der Waals surface area contributed by atoms with E-state index >= 15 is 0 Å². The van der Waals surface area contributed by atoms with Crippen molar-refractivity contribution in [1.29, 1.82) is 0 Å². The Bertz CT molecular complexity index is 685. The molecule has 0 aliphatic rings. The zero-order valence-electron chi connectivity index (χ0n) is 12.2. The lowest BCUT2D eigenvalue weighted by atomic mass is 10.3. The topological polar surface area (TPSA) is 54.7 Å². The van der Waals surface area contributed by atoms with Crippen molar-refractivity contribution >= 4 is 37.9 Å². The first-order valence-corrected chi connectivity index (χ1v) is 9.83. The minimum Gasteiger partial charge on any atom is -0.279 e. The molecule has 0 aromatic carbocycles. The number of halogens is 1. The predicted molar refractivity (Wildman–Crippen MR) is 86.7 cm³/mol. The van der Waals surface area contributed by atoms with Crippen molar-refractivity contribution in [2.24, 2.45) is 0 Å². The maximum atomic E-state index is 12.9.